The Morgan fingerprint density at radius 2 is 1.88 bits per heavy atom. The number of nitrogens with zero attached hydrogens (tertiary/aromatic N) is 3. The molecule has 0 N–H and O–H groups in total. The summed E-state index contributed by atoms with van der Waals surface area (Å²) < 4.78 is 17.9. The number of rotatable bonds is 7. The first-order chi connectivity index (χ1) is 16.1. The molecular formula is C23H23N3O5S2. The van der Waals surface area contributed by atoms with Crippen LogP contribution < -0.4 is 9.47 Å². The van der Waals surface area contributed by atoms with E-state index >= 15 is 0 Å². The van der Waals surface area contributed by atoms with Crippen molar-refractivity contribution >= 4 is 45.2 Å². The monoisotopic (exact) mass is 485 g/mol. The smallest absolute Gasteiger partial charge is 0.316 e. The van der Waals surface area contributed by atoms with Crippen molar-refractivity contribution in [1.29, 1.82) is 0 Å². The van der Waals surface area contributed by atoms with E-state index in [-0.39, 0.29) is 25.1 Å². The number of hydrogen-bond acceptors (Lipinski definition) is 9. The van der Waals surface area contributed by atoms with Crippen LogP contribution in [0.1, 0.15) is 5.56 Å². The second-order valence-electron chi connectivity index (χ2n) is 7.74. The number of ether oxygens (including phenoxy) is 3. The number of benzene rings is 2. The molecule has 10 heteroatoms. The van der Waals surface area contributed by atoms with Crippen molar-refractivity contribution in [1.82, 2.24) is 14.8 Å². The van der Waals surface area contributed by atoms with Crippen molar-refractivity contribution in [3.05, 3.63) is 48.0 Å². The number of thiazole rings is 1. The van der Waals surface area contributed by atoms with Gasteiger partial charge in [-0.2, -0.15) is 0 Å². The van der Waals surface area contributed by atoms with Crippen molar-refractivity contribution in [2.75, 3.05) is 45.3 Å². The fourth-order valence-electron chi connectivity index (χ4n) is 3.76. The van der Waals surface area contributed by atoms with E-state index in [4.69, 9.17) is 14.2 Å². The zero-order valence-electron chi connectivity index (χ0n) is 17.9. The second kappa shape index (κ2) is 9.98. The van der Waals surface area contributed by atoms with Crippen molar-refractivity contribution in [3.8, 4) is 11.5 Å². The van der Waals surface area contributed by atoms with Crippen LogP contribution in [0.3, 0.4) is 0 Å². The molecule has 0 atom stereocenters. The van der Waals surface area contributed by atoms with E-state index in [0.717, 1.165) is 51.3 Å². The molecule has 1 amide bonds. The highest BCUT2D eigenvalue weighted by Crippen LogP contribution is 2.33. The highest BCUT2D eigenvalue weighted by Gasteiger charge is 2.23. The van der Waals surface area contributed by atoms with E-state index in [0.29, 0.717) is 13.1 Å². The number of fused-ring (bicyclic) bond motifs is 2. The van der Waals surface area contributed by atoms with Crippen LogP contribution >= 0.6 is 23.1 Å². The van der Waals surface area contributed by atoms with Gasteiger partial charge < -0.3 is 19.1 Å². The minimum Gasteiger partial charge on any atom is -0.455 e. The molecule has 0 bridgehead atoms. The van der Waals surface area contributed by atoms with Gasteiger partial charge in [0.1, 0.15) is 0 Å². The highest BCUT2D eigenvalue weighted by atomic mass is 32.2. The molecule has 1 saturated heterocycles. The van der Waals surface area contributed by atoms with Crippen LogP contribution in [0.15, 0.2) is 46.8 Å². The van der Waals surface area contributed by atoms with E-state index in [1.165, 1.54) is 11.8 Å². The average molecular weight is 486 g/mol. The van der Waals surface area contributed by atoms with Gasteiger partial charge in [-0.3, -0.25) is 14.5 Å². The van der Waals surface area contributed by atoms with Gasteiger partial charge in [0.25, 0.3) is 5.91 Å². The minimum absolute atomic E-state index is 0.135. The number of para-hydroxylation sites is 1. The number of hydrogen-bond donors (Lipinski definition) is 0. The van der Waals surface area contributed by atoms with Crippen LogP contribution in [0, 0.1) is 0 Å². The van der Waals surface area contributed by atoms with Gasteiger partial charge in [0, 0.05) is 32.7 Å². The van der Waals surface area contributed by atoms with Crippen molar-refractivity contribution < 1.29 is 23.8 Å². The number of aromatic nitrogens is 1. The average Bonchev–Trinajstić information content (AvgIpc) is 3.48. The van der Waals surface area contributed by atoms with Gasteiger partial charge >= 0.3 is 5.97 Å². The lowest BCUT2D eigenvalue weighted by molar-refractivity contribution is -0.150. The van der Waals surface area contributed by atoms with Crippen LogP contribution in [0.5, 0.6) is 11.5 Å². The molecule has 2 aliphatic heterocycles. The lowest BCUT2D eigenvalue weighted by Gasteiger charge is -2.34. The summed E-state index contributed by atoms with van der Waals surface area (Å²) >= 11 is 2.88. The summed E-state index contributed by atoms with van der Waals surface area (Å²) in [6.45, 7) is 3.59. The van der Waals surface area contributed by atoms with Crippen LogP contribution in [0.4, 0.5) is 0 Å². The summed E-state index contributed by atoms with van der Waals surface area (Å²) in [5, 5.41) is 0. The van der Waals surface area contributed by atoms with E-state index in [1.54, 1.807) is 16.2 Å². The third-order valence-corrected chi connectivity index (χ3v) is 7.67. The summed E-state index contributed by atoms with van der Waals surface area (Å²) in [5.74, 6) is 1.13. The van der Waals surface area contributed by atoms with Crippen LogP contribution in [0.2, 0.25) is 0 Å². The van der Waals surface area contributed by atoms with E-state index in [2.05, 4.69) is 9.88 Å². The maximum Gasteiger partial charge on any atom is 0.316 e. The molecule has 3 heterocycles. The standard InChI is InChI=1S/C23H23N3O5S2/c27-21(13-29-22(28)14-32-23-24-17-3-1-2-4-20(17)33-23)26-9-7-25(8-10-26)12-16-5-6-18-19(11-16)31-15-30-18/h1-6,11H,7-10,12-15H2. The largest absolute Gasteiger partial charge is 0.455 e. The second-order valence-corrected chi connectivity index (χ2v) is 9.99. The van der Waals surface area contributed by atoms with E-state index < -0.39 is 5.97 Å². The fourth-order valence-corrected chi connectivity index (χ4v) is 5.63. The molecular weight excluding hydrogens is 462 g/mol. The summed E-state index contributed by atoms with van der Waals surface area (Å²) in [4.78, 5) is 33.1. The van der Waals surface area contributed by atoms with Crippen LogP contribution in [-0.2, 0) is 20.9 Å². The molecule has 8 nitrogen and oxygen atoms in total. The Labute approximate surface area is 199 Å². The molecule has 0 spiro atoms. The number of piperazine rings is 1. The summed E-state index contributed by atoms with van der Waals surface area (Å²) in [5.41, 5.74) is 2.07. The SMILES string of the molecule is O=C(CSc1nc2ccccc2s1)OCC(=O)N1CCN(Cc2ccc3c(c2)OCO3)CC1. The molecule has 0 saturated carbocycles. The Morgan fingerprint density at radius 1 is 1.06 bits per heavy atom. The highest BCUT2D eigenvalue weighted by molar-refractivity contribution is 8.01. The van der Waals surface area contributed by atoms with Gasteiger partial charge in [-0.05, 0) is 29.8 Å². The van der Waals surface area contributed by atoms with Crippen molar-refractivity contribution in [3.63, 3.8) is 0 Å². The summed E-state index contributed by atoms with van der Waals surface area (Å²) in [6, 6.07) is 13.8. The molecule has 1 fully saturated rings. The first-order valence-electron chi connectivity index (χ1n) is 10.7. The topological polar surface area (TPSA) is 81.2 Å². The molecule has 0 unspecified atom stereocenters. The molecule has 3 aromatic rings. The zero-order chi connectivity index (χ0) is 22.6. The Balaban J connectivity index is 1.02. The number of amides is 1. The lowest BCUT2D eigenvalue weighted by atomic mass is 10.1. The van der Waals surface area contributed by atoms with E-state index in [9.17, 15) is 9.59 Å². The zero-order valence-corrected chi connectivity index (χ0v) is 19.5. The Kier molecular flexibility index (Phi) is 6.65. The third-order valence-electron chi connectivity index (χ3n) is 5.51. The predicted molar refractivity (Wildman–Crippen MR) is 126 cm³/mol. The number of esters is 1. The van der Waals surface area contributed by atoms with Gasteiger partial charge in [0.05, 0.1) is 16.0 Å². The van der Waals surface area contributed by atoms with Gasteiger partial charge in [-0.1, -0.05) is 30.0 Å². The first kappa shape index (κ1) is 22.0. The fraction of sp³-hybridized carbons (Fsp3) is 0.348. The van der Waals surface area contributed by atoms with Gasteiger partial charge in [-0.25, -0.2) is 4.98 Å². The number of thioether (sulfide) groups is 1. The molecule has 0 radical (unpaired) electrons. The number of carbonyl (C=O) groups is 2. The maximum absolute atomic E-state index is 12.5. The maximum atomic E-state index is 12.5. The predicted octanol–water partition coefficient (Wildman–Crippen LogP) is 3.00. The molecule has 172 valence electrons. The lowest BCUT2D eigenvalue weighted by Crippen LogP contribution is -2.49. The molecule has 33 heavy (non-hydrogen) atoms. The first-order valence-corrected chi connectivity index (χ1v) is 12.5. The van der Waals surface area contributed by atoms with Gasteiger partial charge in [0.2, 0.25) is 6.79 Å². The molecule has 1 aromatic heterocycles. The normalized spacial score (nSPS) is 15.7. The van der Waals surface area contributed by atoms with Crippen molar-refractivity contribution in [2.24, 2.45) is 0 Å². The van der Waals surface area contributed by atoms with Crippen LogP contribution in [0.25, 0.3) is 10.2 Å². The quantitative estimate of drug-likeness (QED) is 0.373. The Bertz CT molecular complexity index is 1130. The minimum atomic E-state index is -0.408. The van der Waals surface area contributed by atoms with Gasteiger partial charge in [-0.15, -0.1) is 11.3 Å². The van der Waals surface area contributed by atoms with Crippen molar-refractivity contribution in [2.45, 2.75) is 10.9 Å². The Hall–Kier alpha value is -2.82. The van der Waals surface area contributed by atoms with E-state index in [1.807, 2.05) is 42.5 Å². The molecule has 5 rings (SSSR count). The third kappa shape index (κ3) is 5.40. The van der Waals surface area contributed by atoms with Crippen LogP contribution in [-0.4, -0.2) is 72.0 Å². The van der Waals surface area contributed by atoms with Gasteiger partial charge in [0.15, 0.2) is 22.4 Å². The summed E-state index contributed by atoms with van der Waals surface area (Å²) in [7, 11) is 0. The molecule has 0 aliphatic carbocycles. The number of carbonyl (C=O) groups excluding carboxylic acids is 2. The Morgan fingerprint density at radius 3 is 2.73 bits per heavy atom. The summed E-state index contributed by atoms with van der Waals surface area (Å²) in [6.07, 6.45) is 0. The molecule has 2 aliphatic rings. The molecule has 2 aromatic carbocycles.